The van der Waals surface area contributed by atoms with E-state index in [0.717, 1.165) is 24.0 Å². The van der Waals surface area contributed by atoms with Gasteiger partial charge in [0.25, 0.3) is 5.91 Å². The summed E-state index contributed by atoms with van der Waals surface area (Å²) in [6.07, 6.45) is 4.27. The van der Waals surface area contributed by atoms with Crippen LogP contribution in [0.4, 0.5) is 10.2 Å². The van der Waals surface area contributed by atoms with Gasteiger partial charge in [-0.3, -0.25) is 4.79 Å². The van der Waals surface area contributed by atoms with Crippen molar-refractivity contribution < 1.29 is 14.3 Å². The van der Waals surface area contributed by atoms with Gasteiger partial charge in [-0.25, -0.2) is 14.4 Å². The van der Waals surface area contributed by atoms with E-state index in [1.807, 2.05) is 11.0 Å². The second-order valence-electron chi connectivity index (χ2n) is 8.22. The first kappa shape index (κ1) is 20.3. The van der Waals surface area contributed by atoms with Gasteiger partial charge < -0.3 is 19.9 Å². The number of imidazole rings is 1. The van der Waals surface area contributed by atoms with Crippen LogP contribution in [-0.4, -0.2) is 50.8 Å². The zero-order chi connectivity index (χ0) is 21.3. The molecule has 4 rings (SSSR count). The summed E-state index contributed by atoms with van der Waals surface area (Å²) in [6, 6.07) is 8.68. The van der Waals surface area contributed by atoms with Crippen molar-refractivity contribution in [1.29, 1.82) is 0 Å². The largest absolute Gasteiger partial charge is 0.386 e. The maximum atomic E-state index is 13.1. The molecular formula is C22H26FN5O2. The molecule has 1 amide bonds. The molecule has 1 unspecified atom stereocenters. The van der Waals surface area contributed by atoms with E-state index in [2.05, 4.69) is 33.7 Å². The van der Waals surface area contributed by atoms with Gasteiger partial charge in [-0.1, -0.05) is 0 Å². The van der Waals surface area contributed by atoms with Crippen LogP contribution < -0.4 is 10.2 Å². The highest BCUT2D eigenvalue weighted by atomic mass is 19.1. The summed E-state index contributed by atoms with van der Waals surface area (Å²) in [5.41, 5.74) is 1.18. The van der Waals surface area contributed by atoms with Gasteiger partial charge in [0.15, 0.2) is 0 Å². The lowest BCUT2D eigenvalue weighted by Crippen LogP contribution is -2.54. The van der Waals surface area contributed by atoms with Crippen molar-refractivity contribution >= 4 is 22.8 Å². The Morgan fingerprint density at radius 1 is 1.30 bits per heavy atom. The lowest BCUT2D eigenvalue weighted by atomic mass is 9.92. The minimum Gasteiger partial charge on any atom is -0.386 e. The molecule has 30 heavy (non-hydrogen) atoms. The fourth-order valence-corrected chi connectivity index (χ4v) is 3.94. The Hall–Kier alpha value is -3.00. The highest BCUT2D eigenvalue weighted by Crippen LogP contribution is 2.25. The number of nitrogens with zero attached hydrogens (tertiary/aromatic N) is 4. The summed E-state index contributed by atoms with van der Waals surface area (Å²) >= 11 is 0. The van der Waals surface area contributed by atoms with Crippen LogP contribution in [0.25, 0.3) is 11.0 Å². The quantitative estimate of drug-likeness (QED) is 0.675. The summed E-state index contributed by atoms with van der Waals surface area (Å²) < 4.78 is 15.2. The van der Waals surface area contributed by atoms with Crippen molar-refractivity contribution in [2.45, 2.75) is 38.3 Å². The first-order chi connectivity index (χ1) is 14.3. The van der Waals surface area contributed by atoms with E-state index in [1.54, 1.807) is 24.5 Å². The first-order valence-electron chi connectivity index (χ1n) is 10.2. The molecule has 0 radical (unpaired) electrons. The van der Waals surface area contributed by atoms with Crippen molar-refractivity contribution in [3.63, 3.8) is 0 Å². The van der Waals surface area contributed by atoms with Gasteiger partial charge in [0.1, 0.15) is 11.6 Å². The summed E-state index contributed by atoms with van der Waals surface area (Å²) in [5.74, 6) is -0.0259. The predicted molar refractivity (Wildman–Crippen MR) is 113 cm³/mol. The Balaban J connectivity index is 1.42. The number of carbonyl (C=O) groups excluding carboxylic acids is 1. The van der Waals surface area contributed by atoms with Gasteiger partial charge in [-0.05, 0) is 57.0 Å². The number of pyridine rings is 1. The minimum absolute atomic E-state index is 0.127. The molecule has 158 valence electrons. The fourth-order valence-electron chi connectivity index (χ4n) is 3.94. The molecular weight excluding hydrogens is 385 g/mol. The van der Waals surface area contributed by atoms with Crippen LogP contribution in [-0.2, 0) is 0 Å². The van der Waals surface area contributed by atoms with E-state index < -0.39 is 11.4 Å². The van der Waals surface area contributed by atoms with Crippen molar-refractivity contribution in [3.8, 4) is 0 Å². The van der Waals surface area contributed by atoms with Crippen LogP contribution in [0.2, 0.25) is 0 Å². The number of fused-ring (bicyclic) bond motifs is 1. The molecule has 1 aliphatic rings. The van der Waals surface area contributed by atoms with Gasteiger partial charge in [-0.15, -0.1) is 0 Å². The number of rotatable bonds is 5. The van der Waals surface area contributed by atoms with Crippen molar-refractivity contribution in [3.05, 3.63) is 54.2 Å². The number of amides is 1. The number of nitrogens with one attached hydrogen (secondary N) is 1. The molecule has 2 aromatic heterocycles. The third-order valence-corrected chi connectivity index (χ3v) is 5.56. The Labute approximate surface area is 174 Å². The summed E-state index contributed by atoms with van der Waals surface area (Å²) in [4.78, 5) is 23.1. The Morgan fingerprint density at radius 2 is 2.13 bits per heavy atom. The van der Waals surface area contributed by atoms with Crippen molar-refractivity contribution in [1.82, 2.24) is 19.9 Å². The maximum absolute atomic E-state index is 13.1. The number of carbonyl (C=O) groups is 1. The Morgan fingerprint density at radius 3 is 2.87 bits per heavy atom. The van der Waals surface area contributed by atoms with E-state index in [9.17, 15) is 14.3 Å². The van der Waals surface area contributed by atoms with Crippen LogP contribution in [0.1, 0.15) is 43.1 Å². The van der Waals surface area contributed by atoms with Crippen LogP contribution in [0.5, 0.6) is 0 Å². The number of β-amino-alcohol motifs (C(OH)–C–C–N with tert-alkyl or cyclic N) is 1. The number of halogens is 1. The zero-order valence-electron chi connectivity index (χ0n) is 17.2. The molecule has 0 aliphatic carbocycles. The number of benzene rings is 1. The molecule has 1 atom stereocenters. The first-order valence-corrected chi connectivity index (χ1v) is 10.2. The lowest BCUT2D eigenvalue weighted by Gasteiger charge is -2.39. The SMILES string of the molecule is CC(C)n1cnc2cc(C(=O)NCC3(O)CCCN(c4ccc(F)cn4)C3)ccc21. The topological polar surface area (TPSA) is 83.3 Å². The van der Waals surface area contributed by atoms with Crippen LogP contribution >= 0.6 is 0 Å². The monoisotopic (exact) mass is 411 g/mol. The molecule has 3 aromatic rings. The zero-order valence-corrected chi connectivity index (χ0v) is 17.2. The Bertz CT molecular complexity index is 1050. The van der Waals surface area contributed by atoms with Gasteiger partial charge in [0, 0.05) is 31.2 Å². The second kappa shape index (κ2) is 8.02. The third-order valence-electron chi connectivity index (χ3n) is 5.56. The number of aliphatic hydroxyl groups is 1. The summed E-state index contributed by atoms with van der Waals surface area (Å²) in [7, 11) is 0. The molecule has 1 aromatic carbocycles. The molecule has 1 aliphatic heterocycles. The van der Waals surface area contributed by atoms with Crippen molar-refractivity contribution in [2.75, 3.05) is 24.5 Å². The van der Waals surface area contributed by atoms with E-state index in [0.29, 0.717) is 24.3 Å². The normalized spacial score (nSPS) is 19.4. The fraction of sp³-hybridized carbons (Fsp3) is 0.409. The van der Waals surface area contributed by atoms with Gasteiger partial charge in [0.05, 0.1) is 29.2 Å². The molecule has 7 nitrogen and oxygen atoms in total. The molecule has 8 heteroatoms. The number of hydrogen-bond acceptors (Lipinski definition) is 5. The number of hydrogen-bond donors (Lipinski definition) is 2. The third kappa shape index (κ3) is 4.14. The average molecular weight is 411 g/mol. The number of anilines is 1. The summed E-state index contributed by atoms with van der Waals surface area (Å²) in [5, 5.41) is 13.9. The van der Waals surface area contributed by atoms with Crippen LogP contribution in [0.3, 0.4) is 0 Å². The number of aromatic nitrogens is 3. The van der Waals surface area contributed by atoms with Crippen LogP contribution in [0.15, 0.2) is 42.9 Å². The maximum Gasteiger partial charge on any atom is 0.251 e. The van der Waals surface area contributed by atoms with Gasteiger partial charge >= 0.3 is 0 Å². The highest BCUT2D eigenvalue weighted by molar-refractivity contribution is 5.97. The minimum atomic E-state index is -1.08. The number of piperidine rings is 1. The summed E-state index contributed by atoms with van der Waals surface area (Å²) in [6.45, 7) is 5.34. The van der Waals surface area contributed by atoms with Crippen molar-refractivity contribution in [2.24, 2.45) is 0 Å². The standard InChI is InChI=1S/C22H26FN5O2/c1-15(2)28-14-26-18-10-16(4-6-19(18)28)21(29)25-12-22(30)8-3-9-27(13-22)20-7-5-17(23)11-24-20/h4-7,10-11,14-15,30H,3,8-9,12-13H2,1-2H3,(H,25,29). The smallest absolute Gasteiger partial charge is 0.251 e. The van der Waals surface area contributed by atoms with E-state index in [4.69, 9.17) is 0 Å². The van der Waals surface area contributed by atoms with E-state index in [1.165, 1.54) is 12.3 Å². The molecule has 2 N–H and O–H groups in total. The van der Waals surface area contributed by atoms with Gasteiger partial charge in [0.2, 0.25) is 0 Å². The molecule has 1 fully saturated rings. The second-order valence-corrected chi connectivity index (χ2v) is 8.22. The molecule has 0 saturated carbocycles. The molecule has 0 bridgehead atoms. The Kier molecular flexibility index (Phi) is 5.42. The van der Waals surface area contributed by atoms with Crippen LogP contribution in [0, 0.1) is 5.82 Å². The predicted octanol–water partition coefficient (Wildman–Crippen LogP) is 2.91. The van der Waals surface area contributed by atoms with E-state index >= 15 is 0 Å². The van der Waals surface area contributed by atoms with Gasteiger partial charge in [-0.2, -0.15) is 0 Å². The highest BCUT2D eigenvalue weighted by Gasteiger charge is 2.34. The molecule has 3 heterocycles. The lowest BCUT2D eigenvalue weighted by molar-refractivity contribution is 0.0254. The van der Waals surface area contributed by atoms with E-state index in [-0.39, 0.29) is 18.5 Å². The molecule has 1 saturated heterocycles. The molecule has 0 spiro atoms. The average Bonchev–Trinajstić information content (AvgIpc) is 3.16.